The summed E-state index contributed by atoms with van der Waals surface area (Å²) in [6.07, 6.45) is 1.26. The Labute approximate surface area is 104 Å². The lowest BCUT2D eigenvalue weighted by atomic mass is 10.2. The summed E-state index contributed by atoms with van der Waals surface area (Å²) in [5.74, 6) is -1.38. The van der Waals surface area contributed by atoms with Crippen LogP contribution in [0.15, 0.2) is 6.20 Å². The number of aryl methyl sites for hydroxylation is 1. The summed E-state index contributed by atoms with van der Waals surface area (Å²) in [5.41, 5.74) is 0.256. The molecule has 1 atom stereocenters. The van der Waals surface area contributed by atoms with Crippen LogP contribution >= 0.6 is 11.6 Å². The molecular formula is C10H14ClN3O3. The number of aromatic nitrogens is 2. The molecule has 0 aliphatic heterocycles. The van der Waals surface area contributed by atoms with E-state index in [0.717, 1.165) is 0 Å². The molecule has 1 amide bonds. The molecule has 6 nitrogen and oxygen atoms in total. The third kappa shape index (κ3) is 3.45. The first-order valence-corrected chi connectivity index (χ1v) is 5.57. The van der Waals surface area contributed by atoms with Crippen molar-refractivity contribution in [1.29, 1.82) is 0 Å². The predicted octanol–water partition coefficient (Wildman–Crippen LogP) is 1.15. The standard InChI is InChI=1S/C10H14ClN3O3/c1-3-14-9(7(11)5-12-14)10(17)13-6(2)4-8(15)16/h5-6H,3-4H2,1-2H3,(H,13,17)(H,15,16). The molecular weight excluding hydrogens is 246 g/mol. The van der Waals surface area contributed by atoms with Crippen LogP contribution in [0, 0.1) is 0 Å². The molecule has 0 bridgehead atoms. The van der Waals surface area contributed by atoms with Crippen LogP contribution in [0.1, 0.15) is 30.8 Å². The Morgan fingerprint density at radius 1 is 1.65 bits per heavy atom. The van der Waals surface area contributed by atoms with Crippen LogP contribution in [-0.2, 0) is 11.3 Å². The van der Waals surface area contributed by atoms with Crippen molar-refractivity contribution in [2.24, 2.45) is 0 Å². The van der Waals surface area contributed by atoms with Gasteiger partial charge in [0.25, 0.3) is 5.91 Å². The molecule has 0 radical (unpaired) electrons. The minimum atomic E-state index is -0.965. The third-order valence-corrected chi connectivity index (χ3v) is 2.44. The minimum Gasteiger partial charge on any atom is -0.481 e. The number of nitrogens with zero attached hydrogens (tertiary/aromatic N) is 2. The first kappa shape index (κ1) is 13.5. The number of amides is 1. The van der Waals surface area contributed by atoms with Crippen LogP contribution in [0.3, 0.4) is 0 Å². The summed E-state index contributed by atoms with van der Waals surface area (Å²) in [5, 5.41) is 15.3. The van der Waals surface area contributed by atoms with Crippen LogP contribution < -0.4 is 5.32 Å². The molecule has 7 heteroatoms. The van der Waals surface area contributed by atoms with Gasteiger partial charge in [-0.05, 0) is 13.8 Å². The highest BCUT2D eigenvalue weighted by atomic mass is 35.5. The number of carbonyl (C=O) groups excluding carboxylic acids is 1. The fraction of sp³-hybridized carbons (Fsp3) is 0.500. The Morgan fingerprint density at radius 2 is 2.29 bits per heavy atom. The maximum Gasteiger partial charge on any atom is 0.305 e. The molecule has 94 valence electrons. The zero-order chi connectivity index (χ0) is 13.0. The highest BCUT2D eigenvalue weighted by Crippen LogP contribution is 2.15. The number of nitrogens with one attached hydrogen (secondary N) is 1. The lowest BCUT2D eigenvalue weighted by molar-refractivity contribution is -0.137. The molecule has 0 aliphatic carbocycles. The van der Waals surface area contributed by atoms with Crippen LogP contribution in [0.25, 0.3) is 0 Å². The van der Waals surface area contributed by atoms with Gasteiger partial charge in [-0.1, -0.05) is 11.6 Å². The van der Waals surface area contributed by atoms with Gasteiger partial charge in [0.2, 0.25) is 0 Å². The number of aliphatic carboxylic acids is 1. The second-order valence-electron chi connectivity index (χ2n) is 3.63. The first-order chi connectivity index (χ1) is 7.95. The Morgan fingerprint density at radius 3 is 2.82 bits per heavy atom. The fourth-order valence-corrected chi connectivity index (χ4v) is 1.66. The highest BCUT2D eigenvalue weighted by Gasteiger charge is 2.19. The van der Waals surface area contributed by atoms with Crippen molar-refractivity contribution in [3.63, 3.8) is 0 Å². The number of rotatable bonds is 5. The van der Waals surface area contributed by atoms with Gasteiger partial charge in [0.05, 0.1) is 17.6 Å². The van der Waals surface area contributed by atoms with Gasteiger partial charge in [-0.3, -0.25) is 14.3 Å². The lowest BCUT2D eigenvalue weighted by Gasteiger charge is -2.12. The van der Waals surface area contributed by atoms with Gasteiger partial charge in [0, 0.05) is 12.6 Å². The molecule has 1 unspecified atom stereocenters. The maximum atomic E-state index is 11.8. The number of hydrogen-bond donors (Lipinski definition) is 2. The van der Waals surface area contributed by atoms with E-state index in [-0.39, 0.29) is 17.1 Å². The zero-order valence-corrected chi connectivity index (χ0v) is 10.4. The number of carboxylic acid groups (broad SMARTS) is 1. The molecule has 1 heterocycles. The van der Waals surface area contributed by atoms with E-state index >= 15 is 0 Å². The summed E-state index contributed by atoms with van der Waals surface area (Å²) < 4.78 is 1.46. The molecule has 0 fully saturated rings. The van der Waals surface area contributed by atoms with E-state index in [1.54, 1.807) is 6.92 Å². The second kappa shape index (κ2) is 5.67. The summed E-state index contributed by atoms with van der Waals surface area (Å²) in [6.45, 7) is 3.97. The molecule has 0 saturated heterocycles. The van der Waals surface area contributed by atoms with Crippen LogP contribution in [0.2, 0.25) is 5.02 Å². The Bertz CT molecular complexity index is 430. The summed E-state index contributed by atoms with van der Waals surface area (Å²) in [7, 11) is 0. The van der Waals surface area contributed by atoms with Crippen molar-refractivity contribution in [1.82, 2.24) is 15.1 Å². The molecule has 1 aromatic rings. The Balaban J connectivity index is 2.75. The number of hydrogen-bond acceptors (Lipinski definition) is 3. The fourth-order valence-electron chi connectivity index (χ4n) is 1.43. The molecule has 0 saturated carbocycles. The number of halogens is 1. The summed E-state index contributed by atoms with van der Waals surface area (Å²) in [6, 6.07) is -0.462. The third-order valence-electron chi connectivity index (χ3n) is 2.17. The Hall–Kier alpha value is -1.56. The van der Waals surface area contributed by atoms with E-state index in [0.29, 0.717) is 6.54 Å². The average Bonchev–Trinajstić information content (AvgIpc) is 2.57. The van der Waals surface area contributed by atoms with Gasteiger partial charge in [-0.15, -0.1) is 0 Å². The SMILES string of the molecule is CCn1ncc(Cl)c1C(=O)NC(C)CC(=O)O. The van der Waals surface area contributed by atoms with Crippen LogP contribution in [-0.4, -0.2) is 32.8 Å². The molecule has 17 heavy (non-hydrogen) atoms. The van der Waals surface area contributed by atoms with E-state index in [4.69, 9.17) is 16.7 Å². The molecule has 0 aromatic carbocycles. The molecule has 1 rings (SSSR count). The molecule has 0 aliphatic rings. The van der Waals surface area contributed by atoms with Crippen molar-refractivity contribution < 1.29 is 14.7 Å². The van der Waals surface area contributed by atoms with Crippen molar-refractivity contribution in [3.05, 3.63) is 16.9 Å². The summed E-state index contributed by atoms with van der Waals surface area (Å²) >= 11 is 5.85. The smallest absolute Gasteiger partial charge is 0.305 e. The topological polar surface area (TPSA) is 84.2 Å². The predicted molar refractivity (Wildman–Crippen MR) is 62.1 cm³/mol. The normalized spacial score (nSPS) is 12.2. The van der Waals surface area contributed by atoms with Crippen molar-refractivity contribution in [3.8, 4) is 0 Å². The lowest BCUT2D eigenvalue weighted by Crippen LogP contribution is -2.35. The van der Waals surface area contributed by atoms with E-state index < -0.39 is 17.9 Å². The van der Waals surface area contributed by atoms with Gasteiger partial charge in [0.1, 0.15) is 5.69 Å². The quantitative estimate of drug-likeness (QED) is 0.831. The maximum absolute atomic E-state index is 11.8. The zero-order valence-electron chi connectivity index (χ0n) is 9.61. The van der Waals surface area contributed by atoms with Crippen molar-refractivity contribution in [2.45, 2.75) is 32.9 Å². The minimum absolute atomic E-state index is 0.135. The highest BCUT2D eigenvalue weighted by molar-refractivity contribution is 6.33. The second-order valence-corrected chi connectivity index (χ2v) is 4.04. The number of carboxylic acids is 1. The van der Waals surface area contributed by atoms with Gasteiger partial charge >= 0.3 is 5.97 Å². The molecule has 0 spiro atoms. The number of carbonyl (C=O) groups is 2. The van der Waals surface area contributed by atoms with E-state index in [1.165, 1.54) is 10.9 Å². The van der Waals surface area contributed by atoms with Crippen LogP contribution in [0.5, 0.6) is 0 Å². The van der Waals surface area contributed by atoms with Gasteiger partial charge in [-0.25, -0.2) is 0 Å². The van der Waals surface area contributed by atoms with Crippen molar-refractivity contribution in [2.75, 3.05) is 0 Å². The van der Waals surface area contributed by atoms with Gasteiger partial charge < -0.3 is 10.4 Å². The molecule has 2 N–H and O–H groups in total. The largest absolute Gasteiger partial charge is 0.481 e. The van der Waals surface area contributed by atoms with E-state index in [2.05, 4.69) is 10.4 Å². The van der Waals surface area contributed by atoms with Crippen LogP contribution in [0.4, 0.5) is 0 Å². The Kier molecular flexibility index (Phi) is 4.51. The van der Waals surface area contributed by atoms with E-state index in [9.17, 15) is 9.59 Å². The average molecular weight is 260 g/mol. The van der Waals surface area contributed by atoms with Gasteiger partial charge in [-0.2, -0.15) is 5.10 Å². The summed E-state index contributed by atoms with van der Waals surface area (Å²) in [4.78, 5) is 22.3. The van der Waals surface area contributed by atoms with E-state index in [1.807, 2.05) is 6.92 Å². The van der Waals surface area contributed by atoms with Crippen molar-refractivity contribution >= 4 is 23.5 Å². The van der Waals surface area contributed by atoms with Gasteiger partial charge in [0.15, 0.2) is 0 Å². The monoisotopic (exact) mass is 259 g/mol. The molecule has 1 aromatic heterocycles. The first-order valence-electron chi connectivity index (χ1n) is 5.19.